The maximum absolute atomic E-state index is 13.4. The van der Waals surface area contributed by atoms with Crippen LogP contribution >= 0.6 is 23.5 Å². The van der Waals surface area contributed by atoms with Gasteiger partial charge in [-0.2, -0.15) is 0 Å². The zero-order valence-electron chi connectivity index (χ0n) is 20.1. The van der Waals surface area contributed by atoms with Gasteiger partial charge in [0.25, 0.3) is 5.91 Å². The summed E-state index contributed by atoms with van der Waals surface area (Å²) >= 11 is 3.24. The Morgan fingerprint density at radius 1 is 1.42 bits per heavy atom. The van der Waals surface area contributed by atoms with Crippen LogP contribution in [0.4, 0.5) is 0 Å². The van der Waals surface area contributed by atoms with E-state index in [0.717, 1.165) is 52.2 Å². The molecule has 31 heavy (non-hydrogen) atoms. The van der Waals surface area contributed by atoms with Crippen molar-refractivity contribution in [1.82, 2.24) is 15.5 Å². The number of rotatable bonds is 8. The Kier molecular flexibility index (Phi) is 12.8. The molecule has 1 aliphatic rings. The van der Waals surface area contributed by atoms with Crippen molar-refractivity contribution in [3.63, 3.8) is 0 Å². The standard InChI is InChI=1S/C22H33N3O2S2.C2H6/c1-7-17-14-25(11-9-10-24-17)22(26)18-13-20(15(3)12-19(18)27-6)29-21(8-2)28-16(4)23-5;1-2/h8,12-13,17,23-24H,4,7,9-11,14H2,1-3,5-6H3;1-2H3/b21-8+;. The highest BCUT2D eigenvalue weighted by molar-refractivity contribution is 8.24. The van der Waals surface area contributed by atoms with E-state index in [1.165, 1.54) is 0 Å². The lowest BCUT2D eigenvalue weighted by Crippen LogP contribution is -2.40. The van der Waals surface area contributed by atoms with Gasteiger partial charge in [-0.1, -0.05) is 56.9 Å². The minimum atomic E-state index is 0.0418. The molecule has 2 N–H and O–H groups in total. The molecule has 1 atom stereocenters. The van der Waals surface area contributed by atoms with Crippen molar-refractivity contribution in [3.8, 4) is 5.75 Å². The quantitative estimate of drug-likeness (QED) is 0.486. The normalized spacial score (nSPS) is 16.7. The fourth-order valence-corrected chi connectivity index (χ4v) is 5.09. The first-order valence-corrected chi connectivity index (χ1v) is 12.7. The highest BCUT2D eigenvalue weighted by atomic mass is 32.2. The van der Waals surface area contributed by atoms with Crippen LogP contribution in [0.3, 0.4) is 0 Å². The number of nitrogens with one attached hydrogen (secondary N) is 2. The number of nitrogens with zero attached hydrogens (tertiary/aromatic N) is 1. The predicted octanol–water partition coefficient (Wildman–Crippen LogP) is 5.62. The summed E-state index contributed by atoms with van der Waals surface area (Å²) in [6.45, 7) is 16.7. The number of benzene rings is 1. The first kappa shape index (κ1) is 27.5. The average Bonchev–Trinajstić information content (AvgIpc) is 3.06. The average molecular weight is 466 g/mol. The number of carbonyl (C=O) groups excluding carboxylic acids is 1. The van der Waals surface area contributed by atoms with E-state index in [1.807, 2.05) is 51.8 Å². The lowest BCUT2D eigenvalue weighted by atomic mass is 10.1. The molecular formula is C24H39N3O2S2. The Balaban J connectivity index is 0.00000233. The largest absolute Gasteiger partial charge is 0.496 e. The van der Waals surface area contributed by atoms with Crippen LogP contribution in [-0.2, 0) is 0 Å². The molecule has 1 aromatic carbocycles. The first-order valence-electron chi connectivity index (χ1n) is 11.0. The van der Waals surface area contributed by atoms with Crippen LogP contribution in [0.2, 0.25) is 0 Å². The molecule has 1 heterocycles. The monoisotopic (exact) mass is 465 g/mol. The third-order valence-corrected chi connectivity index (χ3v) is 7.42. The highest BCUT2D eigenvalue weighted by Crippen LogP contribution is 2.40. The zero-order valence-corrected chi connectivity index (χ0v) is 21.8. The minimum Gasteiger partial charge on any atom is -0.496 e. The lowest BCUT2D eigenvalue weighted by molar-refractivity contribution is 0.0748. The van der Waals surface area contributed by atoms with Crippen LogP contribution in [0.1, 0.15) is 56.5 Å². The number of methoxy groups -OCH3 is 1. The van der Waals surface area contributed by atoms with Crippen molar-refractivity contribution in [2.24, 2.45) is 0 Å². The molecule has 0 radical (unpaired) electrons. The topological polar surface area (TPSA) is 53.6 Å². The van der Waals surface area contributed by atoms with Crippen LogP contribution < -0.4 is 15.4 Å². The number of hydrogen-bond donors (Lipinski definition) is 2. The number of thioether (sulfide) groups is 2. The second kappa shape index (κ2) is 14.5. The van der Waals surface area contributed by atoms with Gasteiger partial charge >= 0.3 is 0 Å². The van der Waals surface area contributed by atoms with E-state index in [0.29, 0.717) is 17.4 Å². The summed E-state index contributed by atoms with van der Waals surface area (Å²) in [7, 11) is 3.49. The van der Waals surface area contributed by atoms with E-state index in [1.54, 1.807) is 30.6 Å². The lowest BCUT2D eigenvalue weighted by Gasteiger charge is -2.25. The van der Waals surface area contributed by atoms with Crippen molar-refractivity contribution in [2.45, 2.75) is 58.4 Å². The molecule has 1 unspecified atom stereocenters. The number of aryl methyl sites for hydroxylation is 1. The molecule has 174 valence electrons. The number of hydrogen-bond acceptors (Lipinski definition) is 6. The van der Waals surface area contributed by atoms with Gasteiger partial charge in [0.15, 0.2) is 0 Å². The van der Waals surface area contributed by atoms with Gasteiger partial charge in [0.05, 0.1) is 17.7 Å². The molecule has 1 saturated heterocycles. The van der Waals surface area contributed by atoms with E-state index >= 15 is 0 Å². The molecular weight excluding hydrogens is 426 g/mol. The van der Waals surface area contributed by atoms with Crippen LogP contribution in [0.5, 0.6) is 5.75 Å². The van der Waals surface area contributed by atoms with Crippen LogP contribution in [0.15, 0.2) is 38.9 Å². The maximum Gasteiger partial charge on any atom is 0.257 e. The smallest absolute Gasteiger partial charge is 0.257 e. The molecule has 2 rings (SSSR count). The van der Waals surface area contributed by atoms with Crippen molar-refractivity contribution in [2.75, 3.05) is 33.8 Å². The van der Waals surface area contributed by atoms with Crippen LogP contribution in [0, 0.1) is 6.92 Å². The van der Waals surface area contributed by atoms with Gasteiger partial charge < -0.3 is 20.3 Å². The summed E-state index contributed by atoms with van der Waals surface area (Å²) in [6, 6.07) is 4.28. The first-order chi connectivity index (χ1) is 14.9. The Bertz CT molecular complexity index is 765. The van der Waals surface area contributed by atoms with E-state index in [4.69, 9.17) is 4.74 Å². The second-order valence-electron chi connectivity index (χ2n) is 6.97. The number of amides is 1. The summed E-state index contributed by atoms with van der Waals surface area (Å²) in [5.74, 6) is 0.677. The summed E-state index contributed by atoms with van der Waals surface area (Å²) in [5, 5.41) is 7.47. The van der Waals surface area contributed by atoms with Crippen LogP contribution in [-0.4, -0.2) is 50.6 Å². The fraction of sp³-hybridized carbons (Fsp3) is 0.542. The molecule has 1 aliphatic heterocycles. The van der Waals surface area contributed by atoms with Crippen LogP contribution in [0.25, 0.3) is 0 Å². The molecule has 5 nitrogen and oxygen atoms in total. The number of ether oxygens (including phenoxy) is 1. The van der Waals surface area contributed by atoms with E-state index < -0.39 is 0 Å². The van der Waals surface area contributed by atoms with E-state index in [2.05, 4.69) is 30.2 Å². The van der Waals surface area contributed by atoms with Gasteiger partial charge in [-0.15, -0.1) is 0 Å². The van der Waals surface area contributed by atoms with Crippen molar-refractivity contribution >= 4 is 29.4 Å². The maximum atomic E-state index is 13.4. The molecule has 0 aromatic heterocycles. The number of allylic oxidation sites excluding steroid dienone is 1. The Hall–Kier alpha value is -1.57. The van der Waals surface area contributed by atoms with Gasteiger partial charge in [-0.3, -0.25) is 4.79 Å². The van der Waals surface area contributed by atoms with Crippen molar-refractivity contribution in [1.29, 1.82) is 0 Å². The fourth-order valence-electron chi connectivity index (χ4n) is 3.15. The molecule has 7 heteroatoms. The van der Waals surface area contributed by atoms with Crippen molar-refractivity contribution in [3.05, 3.63) is 45.2 Å². The Morgan fingerprint density at radius 2 is 2.13 bits per heavy atom. The zero-order chi connectivity index (χ0) is 23.4. The van der Waals surface area contributed by atoms with Gasteiger partial charge in [0.1, 0.15) is 5.75 Å². The summed E-state index contributed by atoms with van der Waals surface area (Å²) < 4.78 is 6.69. The minimum absolute atomic E-state index is 0.0418. The summed E-state index contributed by atoms with van der Waals surface area (Å²) in [4.78, 5) is 16.4. The van der Waals surface area contributed by atoms with Gasteiger partial charge in [0, 0.05) is 35.3 Å². The van der Waals surface area contributed by atoms with E-state index in [9.17, 15) is 4.79 Å². The molecule has 1 aromatic rings. The number of carbonyl (C=O) groups is 1. The second-order valence-corrected chi connectivity index (χ2v) is 9.45. The Labute approximate surface area is 197 Å². The van der Waals surface area contributed by atoms with Gasteiger partial charge in [-0.05, 0) is 50.9 Å². The third kappa shape index (κ3) is 8.13. The summed E-state index contributed by atoms with van der Waals surface area (Å²) in [5.41, 5.74) is 1.72. The molecule has 1 amide bonds. The van der Waals surface area contributed by atoms with Gasteiger partial charge in [0.2, 0.25) is 0 Å². The summed E-state index contributed by atoms with van der Waals surface area (Å²) in [6.07, 6.45) is 4.03. The van der Waals surface area contributed by atoms with Crippen molar-refractivity contribution < 1.29 is 9.53 Å². The molecule has 0 bridgehead atoms. The molecule has 0 spiro atoms. The SMILES string of the molecule is C=C(NC)S/C(=C\C)Sc1cc(C(=O)N2CCCNC(CC)C2)c(OC)cc1C.CC. The van der Waals surface area contributed by atoms with Gasteiger partial charge in [-0.25, -0.2) is 0 Å². The molecule has 1 fully saturated rings. The molecule has 0 saturated carbocycles. The molecule has 0 aliphatic carbocycles. The third-order valence-electron chi connectivity index (χ3n) is 4.93. The Morgan fingerprint density at radius 3 is 2.71 bits per heavy atom. The predicted molar refractivity (Wildman–Crippen MR) is 137 cm³/mol. The van der Waals surface area contributed by atoms with E-state index in [-0.39, 0.29) is 5.91 Å². The highest BCUT2D eigenvalue weighted by Gasteiger charge is 2.25.